The largest absolute Gasteiger partial charge is 0.456 e. The standard InChI is InChI=1S/C19H24O12S/c1-11(20)28-16-15(10-27-32(23,24)25)31-19(26-9-14-7-5-4-6-8-14)18(30-13(3)22)17(16)29-12(2)21/h4-8,15-19H,9-10H2,1-3H3,(H,23,24,25)/t15-,16-,17+,18-,19-/m1/s1. The minimum absolute atomic E-state index is 0.0137. The van der Waals surface area contributed by atoms with Crippen molar-refractivity contribution >= 4 is 28.3 Å². The average molecular weight is 476 g/mol. The molecule has 178 valence electrons. The Morgan fingerprint density at radius 3 is 1.97 bits per heavy atom. The van der Waals surface area contributed by atoms with Crippen LogP contribution in [0.1, 0.15) is 26.3 Å². The first-order chi connectivity index (χ1) is 15.0. The zero-order chi connectivity index (χ0) is 23.9. The van der Waals surface area contributed by atoms with Gasteiger partial charge in [0.1, 0.15) is 6.10 Å². The Morgan fingerprint density at radius 2 is 1.44 bits per heavy atom. The summed E-state index contributed by atoms with van der Waals surface area (Å²) in [6.45, 7) is 2.42. The number of benzene rings is 1. The monoisotopic (exact) mass is 476 g/mol. The van der Waals surface area contributed by atoms with Crippen LogP contribution in [-0.2, 0) is 59.3 Å². The maximum absolute atomic E-state index is 11.7. The van der Waals surface area contributed by atoms with Gasteiger partial charge >= 0.3 is 28.3 Å². The summed E-state index contributed by atoms with van der Waals surface area (Å²) in [5.74, 6) is -2.39. The lowest BCUT2D eigenvalue weighted by Gasteiger charge is -2.44. The Kier molecular flexibility index (Phi) is 9.09. The maximum Gasteiger partial charge on any atom is 0.397 e. The molecule has 2 rings (SSSR count). The lowest BCUT2D eigenvalue weighted by molar-refractivity contribution is -0.309. The normalized spacial score (nSPS) is 25.6. The van der Waals surface area contributed by atoms with Gasteiger partial charge in [0, 0.05) is 20.8 Å². The molecular weight excluding hydrogens is 452 g/mol. The number of hydrogen-bond acceptors (Lipinski definition) is 11. The third kappa shape index (κ3) is 8.16. The van der Waals surface area contributed by atoms with E-state index in [-0.39, 0.29) is 6.61 Å². The molecule has 5 atom stereocenters. The Labute approximate surface area is 184 Å². The first-order valence-corrected chi connectivity index (χ1v) is 10.8. The van der Waals surface area contributed by atoms with E-state index in [4.69, 9.17) is 28.2 Å². The molecule has 13 heteroatoms. The van der Waals surface area contributed by atoms with Crippen molar-refractivity contribution in [3.05, 3.63) is 35.9 Å². The summed E-state index contributed by atoms with van der Waals surface area (Å²) in [4.78, 5) is 35.1. The fourth-order valence-electron chi connectivity index (χ4n) is 3.03. The van der Waals surface area contributed by atoms with Crippen molar-refractivity contribution in [2.75, 3.05) is 6.61 Å². The molecule has 1 fully saturated rings. The van der Waals surface area contributed by atoms with Crippen LogP contribution in [0.25, 0.3) is 0 Å². The first-order valence-electron chi connectivity index (χ1n) is 9.40. The summed E-state index contributed by atoms with van der Waals surface area (Å²) in [7, 11) is -4.88. The van der Waals surface area contributed by atoms with Gasteiger partial charge in [-0.3, -0.25) is 18.9 Å². The second kappa shape index (κ2) is 11.3. The SMILES string of the molecule is CC(=O)O[C@@H]1[C@@H](OC(C)=O)[C@H](OCc2ccccc2)O[C@H](COS(=O)(=O)O)[C@H]1OC(C)=O. The zero-order valence-corrected chi connectivity index (χ0v) is 18.4. The Morgan fingerprint density at radius 1 is 0.906 bits per heavy atom. The van der Waals surface area contributed by atoms with Gasteiger partial charge in [-0.05, 0) is 5.56 Å². The van der Waals surface area contributed by atoms with Crippen LogP contribution in [0.4, 0.5) is 0 Å². The molecule has 0 amide bonds. The number of esters is 3. The quantitative estimate of drug-likeness (QED) is 0.300. The maximum atomic E-state index is 11.7. The van der Waals surface area contributed by atoms with Crippen LogP contribution in [0.15, 0.2) is 30.3 Å². The fourth-order valence-corrected chi connectivity index (χ4v) is 3.34. The summed E-state index contributed by atoms with van der Waals surface area (Å²) in [6, 6.07) is 8.85. The summed E-state index contributed by atoms with van der Waals surface area (Å²) in [6.07, 6.45) is -6.99. The highest BCUT2D eigenvalue weighted by molar-refractivity contribution is 7.80. The Balaban J connectivity index is 2.38. The fraction of sp³-hybridized carbons (Fsp3) is 0.526. The van der Waals surface area contributed by atoms with Gasteiger partial charge in [0.25, 0.3) is 0 Å². The first kappa shape index (κ1) is 25.7. The molecule has 12 nitrogen and oxygen atoms in total. The highest BCUT2D eigenvalue weighted by atomic mass is 32.3. The number of carbonyl (C=O) groups excluding carboxylic acids is 3. The minimum Gasteiger partial charge on any atom is -0.456 e. The summed E-state index contributed by atoms with van der Waals surface area (Å²) in [5, 5.41) is 0. The molecule has 0 aromatic heterocycles. The van der Waals surface area contributed by atoms with E-state index in [0.717, 1.165) is 26.3 Å². The van der Waals surface area contributed by atoms with Gasteiger partial charge in [-0.15, -0.1) is 0 Å². The number of carbonyl (C=O) groups is 3. The van der Waals surface area contributed by atoms with E-state index in [9.17, 15) is 22.8 Å². The van der Waals surface area contributed by atoms with Crippen LogP contribution in [0, 0.1) is 0 Å². The van der Waals surface area contributed by atoms with Crippen LogP contribution < -0.4 is 0 Å². The smallest absolute Gasteiger partial charge is 0.397 e. The third-order valence-electron chi connectivity index (χ3n) is 4.14. The Bertz CT molecular complexity index is 900. The Hall–Kier alpha value is -2.58. The molecule has 0 saturated carbocycles. The van der Waals surface area contributed by atoms with Crippen LogP contribution in [0.2, 0.25) is 0 Å². The van der Waals surface area contributed by atoms with Crippen molar-refractivity contribution in [3.8, 4) is 0 Å². The second-order valence-electron chi connectivity index (χ2n) is 6.77. The van der Waals surface area contributed by atoms with Crippen molar-refractivity contribution < 1.29 is 55.2 Å². The number of ether oxygens (including phenoxy) is 5. The predicted octanol–water partition coefficient (Wildman–Crippen LogP) is 0.543. The predicted molar refractivity (Wildman–Crippen MR) is 104 cm³/mol. The molecule has 0 bridgehead atoms. The van der Waals surface area contributed by atoms with Gasteiger partial charge in [0.05, 0.1) is 13.2 Å². The van der Waals surface area contributed by atoms with E-state index in [2.05, 4.69) is 4.18 Å². The molecule has 0 aliphatic carbocycles. The molecule has 1 saturated heterocycles. The van der Waals surface area contributed by atoms with Gasteiger partial charge in [0.2, 0.25) is 0 Å². The zero-order valence-electron chi connectivity index (χ0n) is 17.5. The molecule has 1 N–H and O–H groups in total. The van der Waals surface area contributed by atoms with E-state index in [1.165, 1.54) is 0 Å². The average Bonchev–Trinajstić information content (AvgIpc) is 2.68. The van der Waals surface area contributed by atoms with Crippen LogP contribution in [0.5, 0.6) is 0 Å². The van der Waals surface area contributed by atoms with Gasteiger partial charge in [-0.1, -0.05) is 30.3 Å². The van der Waals surface area contributed by atoms with E-state index in [1.807, 2.05) is 0 Å². The lowest BCUT2D eigenvalue weighted by atomic mass is 9.98. The molecule has 1 aromatic rings. The number of rotatable bonds is 9. The van der Waals surface area contributed by atoms with Crippen LogP contribution in [0.3, 0.4) is 0 Å². The van der Waals surface area contributed by atoms with Crippen molar-refractivity contribution in [3.63, 3.8) is 0 Å². The topological polar surface area (TPSA) is 161 Å². The van der Waals surface area contributed by atoms with Crippen LogP contribution >= 0.6 is 0 Å². The van der Waals surface area contributed by atoms with Crippen LogP contribution in [-0.4, -0.2) is 68.2 Å². The second-order valence-corrected chi connectivity index (χ2v) is 7.87. The third-order valence-corrected chi connectivity index (χ3v) is 4.57. The molecule has 0 unspecified atom stereocenters. The highest BCUT2D eigenvalue weighted by Crippen LogP contribution is 2.30. The van der Waals surface area contributed by atoms with E-state index >= 15 is 0 Å². The molecule has 0 spiro atoms. The van der Waals surface area contributed by atoms with Gasteiger partial charge in [-0.2, -0.15) is 8.42 Å². The summed E-state index contributed by atoms with van der Waals surface area (Å²) in [5.41, 5.74) is 0.731. The molecule has 32 heavy (non-hydrogen) atoms. The van der Waals surface area contributed by atoms with E-state index < -0.39 is 65.6 Å². The van der Waals surface area contributed by atoms with Gasteiger partial charge in [-0.25, -0.2) is 4.18 Å². The van der Waals surface area contributed by atoms with Gasteiger partial charge in [0.15, 0.2) is 24.6 Å². The number of hydrogen-bond donors (Lipinski definition) is 1. The van der Waals surface area contributed by atoms with Gasteiger partial charge < -0.3 is 23.7 Å². The molecule has 1 heterocycles. The lowest BCUT2D eigenvalue weighted by Crippen LogP contribution is -2.62. The summed E-state index contributed by atoms with van der Waals surface area (Å²) >= 11 is 0. The summed E-state index contributed by atoms with van der Waals surface area (Å²) < 4.78 is 62.4. The minimum atomic E-state index is -4.88. The van der Waals surface area contributed by atoms with Crippen molar-refractivity contribution in [1.82, 2.24) is 0 Å². The van der Waals surface area contributed by atoms with Crippen molar-refractivity contribution in [1.29, 1.82) is 0 Å². The molecular formula is C19H24O12S. The van der Waals surface area contributed by atoms with E-state index in [1.54, 1.807) is 30.3 Å². The van der Waals surface area contributed by atoms with Crippen molar-refractivity contribution in [2.24, 2.45) is 0 Å². The molecule has 1 aliphatic heterocycles. The molecule has 0 radical (unpaired) electrons. The molecule has 1 aromatic carbocycles. The molecule has 1 aliphatic rings. The van der Waals surface area contributed by atoms with Crippen molar-refractivity contribution in [2.45, 2.75) is 58.1 Å². The highest BCUT2D eigenvalue weighted by Gasteiger charge is 2.52. The van der Waals surface area contributed by atoms with E-state index in [0.29, 0.717) is 0 Å².